The van der Waals surface area contributed by atoms with Crippen LogP contribution in [0.2, 0.25) is 0 Å². The Hall–Kier alpha value is -4.06. The van der Waals surface area contributed by atoms with Crippen molar-refractivity contribution in [3.63, 3.8) is 0 Å². The number of amides is 2. The molecule has 34 heavy (non-hydrogen) atoms. The molecule has 2 N–H and O–H groups in total. The zero-order chi connectivity index (χ0) is 24.2. The topological polar surface area (TPSA) is 76.7 Å². The van der Waals surface area contributed by atoms with Crippen LogP contribution < -0.4 is 15.4 Å². The molecule has 0 saturated heterocycles. The summed E-state index contributed by atoms with van der Waals surface area (Å²) >= 11 is 0. The van der Waals surface area contributed by atoms with Crippen LogP contribution in [0, 0.1) is 13.8 Å². The molecule has 4 rings (SSSR count). The summed E-state index contributed by atoms with van der Waals surface area (Å²) in [5, 5.41) is 5.67. The highest BCUT2D eigenvalue weighted by Crippen LogP contribution is 2.34. The smallest absolute Gasteiger partial charge is 0.338 e. The fourth-order valence-corrected chi connectivity index (χ4v) is 3.82. The molecule has 0 aromatic heterocycles. The van der Waals surface area contributed by atoms with Gasteiger partial charge < -0.3 is 20.1 Å². The maximum Gasteiger partial charge on any atom is 0.338 e. The molecule has 1 aliphatic rings. The highest BCUT2D eigenvalue weighted by atomic mass is 16.5. The number of ether oxygens (including phenoxy) is 2. The minimum absolute atomic E-state index is 0.302. The second-order valence-electron chi connectivity index (χ2n) is 8.58. The van der Waals surface area contributed by atoms with Gasteiger partial charge in [-0.2, -0.15) is 0 Å². The van der Waals surface area contributed by atoms with E-state index >= 15 is 0 Å². The summed E-state index contributed by atoms with van der Waals surface area (Å²) in [6.45, 7) is 7.60. The summed E-state index contributed by atoms with van der Waals surface area (Å²) in [7, 11) is 0. The van der Waals surface area contributed by atoms with Crippen molar-refractivity contribution in [2.45, 2.75) is 39.8 Å². The third-order valence-electron chi connectivity index (χ3n) is 5.48. The first-order valence-corrected chi connectivity index (χ1v) is 11.2. The molecular weight excluding hydrogens is 428 g/mol. The average Bonchev–Trinajstić information content (AvgIpc) is 2.81. The van der Waals surface area contributed by atoms with Crippen molar-refractivity contribution < 1.29 is 19.1 Å². The van der Waals surface area contributed by atoms with E-state index in [1.807, 2.05) is 86.6 Å². The number of rotatable bonds is 6. The van der Waals surface area contributed by atoms with Crippen LogP contribution in [0.25, 0.3) is 5.70 Å². The average molecular weight is 457 g/mol. The van der Waals surface area contributed by atoms with Gasteiger partial charge in [0.25, 0.3) is 0 Å². The second-order valence-corrected chi connectivity index (χ2v) is 8.58. The van der Waals surface area contributed by atoms with Gasteiger partial charge in [-0.1, -0.05) is 54.6 Å². The Morgan fingerprint density at radius 1 is 0.941 bits per heavy atom. The van der Waals surface area contributed by atoms with Crippen LogP contribution in [0.3, 0.4) is 0 Å². The molecule has 0 fully saturated rings. The first-order valence-electron chi connectivity index (χ1n) is 11.2. The lowest BCUT2D eigenvalue weighted by molar-refractivity contribution is -0.143. The molecule has 2 amide bonds. The van der Waals surface area contributed by atoms with Crippen LogP contribution in [0.5, 0.6) is 11.5 Å². The van der Waals surface area contributed by atoms with Crippen molar-refractivity contribution in [2.24, 2.45) is 0 Å². The molecule has 0 saturated carbocycles. The van der Waals surface area contributed by atoms with Crippen molar-refractivity contribution in [3.05, 3.63) is 101 Å². The van der Waals surface area contributed by atoms with Gasteiger partial charge in [-0.3, -0.25) is 0 Å². The summed E-state index contributed by atoms with van der Waals surface area (Å²) in [5.41, 5.74) is 4.41. The van der Waals surface area contributed by atoms with E-state index < -0.39 is 12.0 Å². The van der Waals surface area contributed by atoms with E-state index in [0.717, 1.165) is 28.0 Å². The Morgan fingerprint density at radius 3 is 2.32 bits per heavy atom. The Kier molecular flexibility index (Phi) is 6.68. The molecule has 1 heterocycles. The van der Waals surface area contributed by atoms with Crippen LogP contribution in [0.15, 0.2) is 78.4 Å². The number of nitrogens with one attached hydrogen (secondary N) is 2. The highest BCUT2D eigenvalue weighted by molar-refractivity contribution is 6.04. The number of aryl methyl sites for hydroxylation is 2. The molecule has 3 aromatic carbocycles. The molecule has 174 valence electrons. The van der Waals surface area contributed by atoms with Gasteiger partial charge >= 0.3 is 12.0 Å². The molecule has 1 atom stereocenters. The maximum absolute atomic E-state index is 13.2. The SMILES string of the molecule is Cc1ccc(C)c(Oc2ccc(C3NC(=O)NC(c4ccccc4)=C3C(=O)OC(C)C)cc2)c1. The van der Waals surface area contributed by atoms with Crippen LogP contribution in [-0.4, -0.2) is 18.1 Å². The molecule has 0 aliphatic carbocycles. The Labute approximate surface area is 199 Å². The monoisotopic (exact) mass is 456 g/mol. The van der Waals surface area contributed by atoms with Gasteiger partial charge in [-0.25, -0.2) is 9.59 Å². The van der Waals surface area contributed by atoms with Crippen LogP contribution in [-0.2, 0) is 9.53 Å². The fourth-order valence-electron chi connectivity index (χ4n) is 3.82. The highest BCUT2D eigenvalue weighted by Gasteiger charge is 2.34. The normalized spacial score (nSPS) is 15.6. The zero-order valence-electron chi connectivity index (χ0n) is 19.7. The molecule has 6 heteroatoms. The Morgan fingerprint density at radius 2 is 1.65 bits per heavy atom. The van der Waals surface area contributed by atoms with E-state index in [4.69, 9.17) is 9.47 Å². The quantitative estimate of drug-likeness (QED) is 0.459. The molecule has 0 bridgehead atoms. The number of carbonyl (C=O) groups excluding carboxylic acids is 2. The second kappa shape index (κ2) is 9.83. The van der Waals surface area contributed by atoms with Crippen LogP contribution >= 0.6 is 0 Å². The fraction of sp³-hybridized carbons (Fsp3) is 0.214. The summed E-state index contributed by atoms with van der Waals surface area (Å²) in [6, 6.07) is 21.6. The molecule has 1 aliphatic heterocycles. The van der Waals surface area contributed by atoms with Crippen molar-refractivity contribution >= 4 is 17.7 Å². The van der Waals surface area contributed by atoms with E-state index in [2.05, 4.69) is 10.6 Å². The largest absolute Gasteiger partial charge is 0.459 e. The molecule has 0 radical (unpaired) electrons. The van der Waals surface area contributed by atoms with Gasteiger partial charge in [-0.15, -0.1) is 0 Å². The lowest BCUT2D eigenvalue weighted by atomic mass is 9.92. The van der Waals surface area contributed by atoms with E-state index in [0.29, 0.717) is 17.0 Å². The summed E-state index contributed by atoms with van der Waals surface area (Å²) in [4.78, 5) is 25.7. The first-order chi connectivity index (χ1) is 16.3. The molecule has 6 nitrogen and oxygen atoms in total. The van der Waals surface area contributed by atoms with Crippen molar-refractivity contribution in [3.8, 4) is 11.5 Å². The minimum Gasteiger partial charge on any atom is -0.459 e. The summed E-state index contributed by atoms with van der Waals surface area (Å²) in [5.74, 6) is 0.966. The standard InChI is InChI=1S/C28H28N2O4/c1-17(2)33-27(31)24-25(20-8-6-5-7-9-20)29-28(32)30-26(24)21-12-14-22(15-13-21)34-23-16-18(3)10-11-19(23)4/h5-17,26H,1-4H3,(H2,29,30,32). The van der Waals surface area contributed by atoms with Gasteiger partial charge in [0.2, 0.25) is 0 Å². The van der Waals surface area contributed by atoms with E-state index in [9.17, 15) is 9.59 Å². The zero-order valence-corrected chi connectivity index (χ0v) is 19.7. The predicted molar refractivity (Wildman–Crippen MR) is 131 cm³/mol. The molecule has 0 spiro atoms. The van der Waals surface area contributed by atoms with Crippen molar-refractivity contribution in [2.75, 3.05) is 0 Å². The summed E-state index contributed by atoms with van der Waals surface area (Å²) < 4.78 is 11.6. The minimum atomic E-state index is -0.676. The van der Waals surface area contributed by atoms with Crippen LogP contribution in [0.1, 0.15) is 42.1 Å². The number of carbonyl (C=O) groups is 2. The molecule has 3 aromatic rings. The lowest BCUT2D eigenvalue weighted by Crippen LogP contribution is -2.45. The number of esters is 1. The Balaban J connectivity index is 1.71. The Bertz CT molecular complexity index is 1230. The molecular formula is C28H28N2O4. The lowest BCUT2D eigenvalue weighted by Gasteiger charge is -2.30. The van der Waals surface area contributed by atoms with Gasteiger partial charge in [0.05, 0.1) is 23.4 Å². The summed E-state index contributed by atoms with van der Waals surface area (Å²) in [6.07, 6.45) is -0.302. The van der Waals surface area contributed by atoms with Crippen LogP contribution in [0.4, 0.5) is 4.79 Å². The van der Waals surface area contributed by atoms with E-state index in [1.165, 1.54) is 0 Å². The third kappa shape index (κ3) is 5.12. The number of benzene rings is 3. The maximum atomic E-state index is 13.2. The molecule has 1 unspecified atom stereocenters. The van der Waals surface area contributed by atoms with E-state index in [1.54, 1.807) is 13.8 Å². The van der Waals surface area contributed by atoms with Gasteiger partial charge in [0, 0.05) is 0 Å². The van der Waals surface area contributed by atoms with Gasteiger partial charge in [0.15, 0.2) is 0 Å². The first kappa shape index (κ1) is 23.1. The third-order valence-corrected chi connectivity index (χ3v) is 5.48. The number of hydrogen-bond donors (Lipinski definition) is 2. The number of urea groups is 1. The van der Waals surface area contributed by atoms with Crippen molar-refractivity contribution in [1.29, 1.82) is 0 Å². The van der Waals surface area contributed by atoms with Gasteiger partial charge in [-0.05, 0) is 68.1 Å². The van der Waals surface area contributed by atoms with Crippen molar-refractivity contribution in [1.82, 2.24) is 10.6 Å². The van der Waals surface area contributed by atoms with E-state index in [-0.39, 0.29) is 12.1 Å². The predicted octanol–water partition coefficient (Wildman–Crippen LogP) is 5.81. The van der Waals surface area contributed by atoms with Gasteiger partial charge in [0.1, 0.15) is 11.5 Å². The number of hydrogen-bond acceptors (Lipinski definition) is 4.